The molecule has 4 aromatic rings. The molecule has 1 heterocycles. The molecule has 40 heavy (non-hydrogen) atoms. The Kier molecular flexibility index (Phi) is 8.06. The fourth-order valence-electron chi connectivity index (χ4n) is 4.30. The third-order valence-electron chi connectivity index (χ3n) is 6.46. The van der Waals surface area contributed by atoms with Crippen molar-refractivity contribution < 1.29 is 28.7 Å². The van der Waals surface area contributed by atoms with Crippen LogP contribution in [0.5, 0.6) is 5.75 Å². The van der Waals surface area contributed by atoms with Crippen LogP contribution in [0.15, 0.2) is 109 Å². The van der Waals surface area contributed by atoms with Crippen LogP contribution < -0.4 is 10.2 Å². The summed E-state index contributed by atoms with van der Waals surface area (Å²) in [6.45, 7) is 2.05. The molecule has 0 aliphatic carbocycles. The average Bonchev–Trinajstić information content (AvgIpc) is 2.99. The van der Waals surface area contributed by atoms with Crippen molar-refractivity contribution in [2.75, 3.05) is 6.54 Å². The van der Waals surface area contributed by atoms with Gasteiger partial charge < -0.3 is 19.6 Å². The van der Waals surface area contributed by atoms with Crippen LogP contribution in [0.2, 0.25) is 0 Å². The highest BCUT2D eigenvalue weighted by Gasteiger charge is 2.40. The number of β-lactam (4-membered cyclic amide) rings is 1. The summed E-state index contributed by atoms with van der Waals surface area (Å²) in [6, 6.07) is 32.5. The highest BCUT2D eigenvalue weighted by atomic mass is 16.7. The van der Waals surface area contributed by atoms with Gasteiger partial charge in [0.1, 0.15) is 12.6 Å². The van der Waals surface area contributed by atoms with Crippen molar-refractivity contribution in [2.45, 2.75) is 25.7 Å². The number of esters is 1. The number of carbonyl (C=O) groups excluding carboxylic acids is 3. The topological polar surface area (TPSA) is 94.2 Å². The van der Waals surface area contributed by atoms with Gasteiger partial charge in [0.25, 0.3) is 5.91 Å². The van der Waals surface area contributed by atoms with Crippen LogP contribution in [0.4, 0.5) is 4.79 Å². The van der Waals surface area contributed by atoms with Gasteiger partial charge in [0.2, 0.25) is 0 Å². The van der Waals surface area contributed by atoms with Crippen LogP contribution >= 0.6 is 0 Å². The number of rotatable bonds is 9. The fraction of sp³-hybridized carbons (Fsp3) is 0.156. The van der Waals surface area contributed by atoms with E-state index in [0.717, 1.165) is 21.8 Å². The van der Waals surface area contributed by atoms with Crippen molar-refractivity contribution in [1.82, 2.24) is 10.4 Å². The van der Waals surface area contributed by atoms with E-state index in [1.807, 2.05) is 91.0 Å². The number of ether oxygens (including phenoxy) is 2. The lowest BCUT2D eigenvalue weighted by Crippen LogP contribution is -2.64. The number of hydroxylamine groups is 2. The van der Waals surface area contributed by atoms with Crippen molar-refractivity contribution in [3.05, 3.63) is 137 Å². The Morgan fingerprint density at radius 1 is 0.875 bits per heavy atom. The molecule has 4 aromatic carbocycles. The molecule has 2 amide bonds. The average molecular weight is 537 g/mol. The first-order valence-electron chi connectivity index (χ1n) is 12.9. The predicted molar refractivity (Wildman–Crippen MR) is 147 cm³/mol. The maximum Gasteiger partial charge on any atom is 0.408 e. The van der Waals surface area contributed by atoms with E-state index in [2.05, 4.69) is 5.32 Å². The molecule has 8 nitrogen and oxygen atoms in total. The summed E-state index contributed by atoms with van der Waals surface area (Å²) in [5.74, 6) is -0.485. The minimum atomic E-state index is -0.730. The summed E-state index contributed by atoms with van der Waals surface area (Å²) in [5, 5.41) is 3.69. The van der Waals surface area contributed by atoms with E-state index in [1.54, 1.807) is 25.1 Å². The van der Waals surface area contributed by atoms with Crippen molar-refractivity contribution in [2.24, 2.45) is 0 Å². The predicted octanol–water partition coefficient (Wildman–Crippen LogP) is 5.37. The van der Waals surface area contributed by atoms with Gasteiger partial charge in [-0.15, -0.1) is 0 Å². The van der Waals surface area contributed by atoms with Gasteiger partial charge in [0.15, 0.2) is 11.9 Å². The van der Waals surface area contributed by atoms with E-state index in [-0.39, 0.29) is 13.2 Å². The molecule has 1 unspecified atom stereocenters. The molecular weight excluding hydrogens is 508 g/mol. The second-order valence-corrected chi connectivity index (χ2v) is 9.33. The van der Waals surface area contributed by atoms with Gasteiger partial charge in [-0.25, -0.2) is 9.59 Å². The van der Waals surface area contributed by atoms with Crippen LogP contribution in [0.25, 0.3) is 0 Å². The number of hydrogen-bond acceptors (Lipinski definition) is 6. The summed E-state index contributed by atoms with van der Waals surface area (Å²) >= 11 is 0. The van der Waals surface area contributed by atoms with Crippen molar-refractivity contribution in [3.63, 3.8) is 0 Å². The van der Waals surface area contributed by atoms with Gasteiger partial charge >= 0.3 is 12.1 Å². The fourth-order valence-corrected chi connectivity index (χ4v) is 4.30. The van der Waals surface area contributed by atoms with Gasteiger partial charge in [-0.3, -0.25) is 4.79 Å². The largest absolute Gasteiger partial charge is 0.449 e. The van der Waals surface area contributed by atoms with Crippen LogP contribution in [-0.2, 0) is 20.9 Å². The summed E-state index contributed by atoms with van der Waals surface area (Å²) in [6.07, 6.45) is -1.24. The lowest BCUT2D eigenvalue weighted by molar-refractivity contribution is -0.180. The van der Waals surface area contributed by atoms with Gasteiger partial charge in [-0.05, 0) is 47.4 Å². The number of nitrogens with zero attached hydrogens (tertiary/aromatic N) is 1. The molecule has 0 aromatic heterocycles. The first kappa shape index (κ1) is 26.5. The molecule has 0 radical (unpaired) electrons. The Hall–Kier alpha value is -5.11. The molecule has 202 valence electrons. The van der Waals surface area contributed by atoms with Crippen LogP contribution in [0.3, 0.4) is 0 Å². The van der Waals surface area contributed by atoms with Gasteiger partial charge in [0, 0.05) is 0 Å². The normalized spacial score (nSPS) is 14.3. The Bertz CT molecular complexity index is 1440. The molecule has 1 fully saturated rings. The monoisotopic (exact) mass is 536 g/mol. The number of benzene rings is 4. The molecule has 1 aliphatic heterocycles. The molecule has 5 rings (SSSR count). The van der Waals surface area contributed by atoms with Crippen LogP contribution in [0.1, 0.15) is 38.7 Å². The SMILES string of the molecule is Cc1cc(ON2CC(NC(=O)OCc3ccccc3)C2=O)ccc1C(=O)OC(c1ccccc1)c1ccccc1. The maximum absolute atomic E-state index is 13.2. The maximum atomic E-state index is 13.2. The Labute approximate surface area is 232 Å². The third kappa shape index (κ3) is 6.30. The number of hydrogen-bond donors (Lipinski definition) is 1. The second kappa shape index (κ2) is 12.2. The molecule has 1 aliphatic rings. The van der Waals surface area contributed by atoms with E-state index in [0.29, 0.717) is 16.9 Å². The molecule has 0 spiro atoms. The number of carbonyl (C=O) groups is 3. The number of aryl methyl sites for hydroxylation is 1. The highest BCUT2D eigenvalue weighted by molar-refractivity contribution is 5.92. The van der Waals surface area contributed by atoms with Gasteiger partial charge in [-0.2, -0.15) is 5.06 Å². The molecule has 0 saturated carbocycles. The molecule has 1 saturated heterocycles. The van der Waals surface area contributed by atoms with E-state index < -0.39 is 30.1 Å². The zero-order valence-corrected chi connectivity index (χ0v) is 21.9. The number of alkyl carbamates (subject to hydrolysis) is 1. The molecule has 0 bridgehead atoms. The zero-order chi connectivity index (χ0) is 27.9. The lowest BCUT2D eigenvalue weighted by Gasteiger charge is -2.36. The van der Waals surface area contributed by atoms with E-state index in [9.17, 15) is 14.4 Å². The summed E-state index contributed by atoms with van der Waals surface area (Å²) in [4.78, 5) is 43.4. The molecular formula is C32H28N2O6. The quantitative estimate of drug-likeness (QED) is 0.228. The standard InChI is InChI=1S/C32H28N2O6/c1-22-19-26(40-34-20-28(30(34)35)33-32(37)38-21-23-11-5-2-6-12-23)17-18-27(22)31(36)39-29(24-13-7-3-8-14-24)25-15-9-4-10-16-25/h2-19,28-29H,20-21H2,1H3,(H,33,37). The summed E-state index contributed by atoms with van der Waals surface area (Å²) in [7, 11) is 0. The third-order valence-corrected chi connectivity index (χ3v) is 6.46. The van der Waals surface area contributed by atoms with Crippen LogP contribution in [0, 0.1) is 6.92 Å². The number of nitrogens with one attached hydrogen (secondary N) is 1. The van der Waals surface area contributed by atoms with E-state index >= 15 is 0 Å². The molecule has 1 N–H and O–H groups in total. The van der Waals surface area contributed by atoms with E-state index in [1.165, 1.54) is 0 Å². The smallest absolute Gasteiger partial charge is 0.408 e. The second-order valence-electron chi connectivity index (χ2n) is 9.33. The zero-order valence-electron chi connectivity index (χ0n) is 21.9. The number of amides is 2. The minimum absolute atomic E-state index is 0.110. The summed E-state index contributed by atoms with van der Waals surface area (Å²) in [5.41, 5.74) is 3.60. The Balaban J connectivity index is 1.16. The Morgan fingerprint density at radius 3 is 2.05 bits per heavy atom. The molecule has 8 heteroatoms. The highest BCUT2D eigenvalue weighted by Crippen LogP contribution is 2.28. The van der Waals surface area contributed by atoms with Gasteiger partial charge in [-0.1, -0.05) is 91.0 Å². The summed E-state index contributed by atoms with van der Waals surface area (Å²) < 4.78 is 11.1. The van der Waals surface area contributed by atoms with Gasteiger partial charge in [0.05, 0.1) is 12.1 Å². The molecule has 1 atom stereocenters. The Morgan fingerprint density at radius 2 is 1.48 bits per heavy atom. The van der Waals surface area contributed by atoms with Crippen molar-refractivity contribution >= 4 is 18.0 Å². The van der Waals surface area contributed by atoms with Crippen molar-refractivity contribution in [1.29, 1.82) is 0 Å². The minimum Gasteiger partial charge on any atom is -0.449 e. The van der Waals surface area contributed by atoms with E-state index in [4.69, 9.17) is 14.3 Å². The lowest BCUT2D eigenvalue weighted by atomic mass is 10.0. The van der Waals surface area contributed by atoms with Crippen LogP contribution in [-0.4, -0.2) is 35.6 Å². The van der Waals surface area contributed by atoms with Crippen molar-refractivity contribution in [3.8, 4) is 5.75 Å². The first-order valence-corrected chi connectivity index (χ1v) is 12.9. The first-order chi connectivity index (χ1) is 19.5.